The van der Waals surface area contributed by atoms with Crippen LogP contribution in [-0.4, -0.2) is 42.0 Å². The van der Waals surface area contributed by atoms with Crippen LogP contribution in [0.15, 0.2) is 48.0 Å². The number of likely N-dealkylation sites (tertiary alicyclic amines) is 1. The van der Waals surface area contributed by atoms with Gasteiger partial charge in [-0.05, 0) is 68.3 Å². The van der Waals surface area contributed by atoms with Crippen LogP contribution in [0.4, 0.5) is 4.39 Å². The molecule has 1 aliphatic rings. The van der Waals surface area contributed by atoms with Gasteiger partial charge in [-0.2, -0.15) is 9.65 Å². The predicted molar refractivity (Wildman–Crippen MR) is 126 cm³/mol. The van der Waals surface area contributed by atoms with E-state index in [2.05, 4.69) is 15.2 Å². The Morgan fingerprint density at radius 2 is 2.00 bits per heavy atom. The summed E-state index contributed by atoms with van der Waals surface area (Å²) in [6, 6.07) is 13.6. The van der Waals surface area contributed by atoms with Crippen molar-refractivity contribution in [3.05, 3.63) is 65.2 Å². The fourth-order valence-corrected chi connectivity index (χ4v) is 3.92. The van der Waals surface area contributed by atoms with Gasteiger partial charge in [0.25, 0.3) is 5.91 Å². The van der Waals surface area contributed by atoms with E-state index in [1.165, 1.54) is 37.5 Å². The standard InChI is InChI=1S/C26H31FN4O2/c1-2-7-24(30-26(32)21(19-28)18-22-8-6-9-25(27)29-22)20-10-12-23(13-11-20)33-17-16-31-14-4-3-5-15-31/h6,8-13,18,24H,2-5,7,14-17H2,1H3,(H,30,32). The number of carbonyl (C=O) groups is 1. The lowest BCUT2D eigenvalue weighted by Gasteiger charge is -2.26. The molecule has 1 unspecified atom stereocenters. The average Bonchev–Trinajstić information content (AvgIpc) is 2.83. The molecule has 2 heterocycles. The first-order chi connectivity index (χ1) is 16.1. The molecular weight excluding hydrogens is 419 g/mol. The van der Waals surface area contributed by atoms with Crippen LogP contribution in [0, 0.1) is 17.3 Å². The Morgan fingerprint density at radius 3 is 2.67 bits per heavy atom. The zero-order chi connectivity index (χ0) is 23.5. The Kier molecular flexibility index (Phi) is 9.40. The second-order valence-electron chi connectivity index (χ2n) is 8.19. The van der Waals surface area contributed by atoms with E-state index in [9.17, 15) is 14.4 Å². The second kappa shape index (κ2) is 12.7. The SMILES string of the molecule is CCCC(NC(=O)C(C#N)=Cc1cccc(F)n1)c1ccc(OCCN2CCCCC2)cc1. The number of amides is 1. The van der Waals surface area contributed by atoms with E-state index < -0.39 is 11.9 Å². The molecule has 6 nitrogen and oxygen atoms in total. The summed E-state index contributed by atoms with van der Waals surface area (Å²) in [5.41, 5.74) is 1.04. The number of carbonyl (C=O) groups excluding carboxylic acids is 1. The van der Waals surface area contributed by atoms with Crippen molar-refractivity contribution in [3.63, 3.8) is 0 Å². The van der Waals surface area contributed by atoms with Gasteiger partial charge >= 0.3 is 0 Å². The molecule has 1 aromatic carbocycles. The Hall–Kier alpha value is -3.24. The third-order valence-electron chi connectivity index (χ3n) is 5.68. The Labute approximate surface area is 195 Å². The molecule has 0 aliphatic carbocycles. The molecule has 1 amide bonds. The summed E-state index contributed by atoms with van der Waals surface area (Å²) in [4.78, 5) is 18.9. The van der Waals surface area contributed by atoms with E-state index in [-0.39, 0.29) is 17.3 Å². The minimum Gasteiger partial charge on any atom is -0.492 e. The Bertz CT molecular complexity index is 979. The van der Waals surface area contributed by atoms with Gasteiger partial charge in [0.05, 0.1) is 11.7 Å². The number of hydrogen-bond acceptors (Lipinski definition) is 5. The first-order valence-corrected chi connectivity index (χ1v) is 11.6. The molecule has 33 heavy (non-hydrogen) atoms. The summed E-state index contributed by atoms with van der Waals surface area (Å²) < 4.78 is 19.2. The number of rotatable bonds is 10. The van der Waals surface area contributed by atoms with Crippen LogP contribution in [-0.2, 0) is 4.79 Å². The first kappa shape index (κ1) is 24.4. The quantitative estimate of drug-likeness (QED) is 0.324. The van der Waals surface area contributed by atoms with Crippen LogP contribution in [0.2, 0.25) is 0 Å². The average molecular weight is 451 g/mol. The van der Waals surface area contributed by atoms with Crippen molar-refractivity contribution in [2.45, 2.75) is 45.1 Å². The molecule has 1 saturated heterocycles. The summed E-state index contributed by atoms with van der Waals surface area (Å²) in [6.45, 7) is 5.91. The molecule has 0 spiro atoms. The first-order valence-electron chi connectivity index (χ1n) is 11.6. The molecule has 1 atom stereocenters. The van der Waals surface area contributed by atoms with Crippen LogP contribution in [0.1, 0.15) is 56.3 Å². The molecule has 1 aliphatic heterocycles. The van der Waals surface area contributed by atoms with Gasteiger partial charge in [-0.15, -0.1) is 0 Å². The van der Waals surface area contributed by atoms with Crippen LogP contribution in [0.25, 0.3) is 6.08 Å². The molecule has 174 valence electrons. The summed E-state index contributed by atoms with van der Waals surface area (Å²) in [5, 5.41) is 12.4. The fraction of sp³-hybridized carbons (Fsp3) is 0.423. The minimum absolute atomic E-state index is 0.119. The number of hydrogen-bond donors (Lipinski definition) is 1. The summed E-state index contributed by atoms with van der Waals surface area (Å²) in [7, 11) is 0. The van der Waals surface area contributed by atoms with Crippen molar-refractivity contribution in [2.75, 3.05) is 26.2 Å². The number of ether oxygens (including phenoxy) is 1. The maximum atomic E-state index is 13.3. The lowest BCUT2D eigenvalue weighted by molar-refractivity contribution is -0.117. The monoisotopic (exact) mass is 450 g/mol. The van der Waals surface area contributed by atoms with Gasteiger partial charge in [0.2, 0.25) is 5.95 Å². The third kappa shape index (κ3) is 7.69. The van der Waals surface area contributed by atoms with Gasteiger partial charge in [-0.25, -0.2) is 4.98 Å². The number of nitrogens with zero attached hydrogens (tertiary/aromatic N) is 3. The van der Waals surface area contributed by atoms with Crippen LogP contribution in [0.5, 0.6) is 5.75 Å². The highest BCUT2D eigenvalue weighted by atomic mass is 19.1. The van der Waals surface area contributed by atoms with E-state index in [1.54, 1.807) is 6.07 Å². The Morgan fingerprint density at radius 1 is 1.24 bits per heavy atom. The zero-order valence-corrected chi connectivity index (χ0v) is 19.1. The van der Waals surface area contributed by atoms with Gasteiger partial charge in [-0.3, -0.25) is 9.69 Å². The highest BCUT2D eigenvalue weighted by Crippen LogP contribution is 2.22. The third-order valence-corrected chi connectivity index (χ3v) is 5.68. The highest BCUT2D eigenvalue weighted by molar-refractivity contribution is 6.01. The van der Waals surface area contributed by atoms with Gasteiger partial charge in [-0.1, -0.05) is 38.0 Å². The Balaban J connectivity index is 1.60. The lowest BCUT2D eigenvalue weighted by Crippen LogP contribution is -2.33. The summed E-state index contributed by atoms with van der Waals surface area (Å²) >= 11 is 0. The number of piperidine rings is 1. The van der Waals surface area contributed by atoms with Gasteiger partial charge in [0.1, 0.15) is 24.0 Å². The predicted octanol–water partition coefficient (Wildman–Crippen LogP) is 4.65. The molecule has 3 rings (SSSR count). The van der Waals surface area contributed by atoms with Crippen molar-refractivity contribution < 1.29 is 13.9 Å². The topological polar surface area (TPSA) is 78.2 Å². The second-order valence-corrected chi connectivity index (χ2v) is 8.19. The number of pyridine rings is 1. The largest absolute Gasteiger partial charge is 0.492 e. The van der Waals surface area contributed by atoms with Gasteiger partial charge < -0.3 is 10.1 Å². The number of nitrogens with one attached hydrogen (secondary N) is 1. The molecule has 0 radical (unpaired) electrons. The van der Waals surface area contributed by atoms with Crippen LogP contribution >= 0.6 is 0 Å². The molecule has 1 fully saturated rings. The number of halogens is 1. The van der Waals surface area contributed by atoms with E-state index in [1.807, 2.05) is 37.3 Å². The molecule has 2 aromatic rings. The van der Waals surface area contributed by atoms with E-state index in [0.29, 0.717) is 6.61 Å². The van der Waals surface area contributed by atoms with Crippen molar-refractivity contribution in [2.24, 2.45) is 0 Å². The summed E-state index contributed by atoms with van der Waals surface area (Å²) in [5.74, 6) is -0.375. The van der Waals surface area contributed by atoms with Crippen molar-refractivity contribution in [1.29, 1.82) is 5.26 Å². The molecule has 7 heteroatoms. The van der Waals surface area contributed by atoms with Crippen molar-refractivity contribution in [3.8, 4) is 11.8 Å². The number of aromatic nitrogens is 1. The zero-order valence-electron chi connectivity index (χ0n) is 19.1. The highest BCUT2D eigenvalue weighted by Gasteiger charge is 2.17. The van der Waals surface area contributed by atoms with Gasteiger partial charge in [0.15, 0.2) is 0 Å². The molecule has 1 aromatic heterocycles. The van der Waals surface area contributed by atoms with E-state index in [0.717, 1.165) is 43.8 Å². The minimum atomic E-state index is -0.663. The fourth-order valence-electron chi connectivity index (χ4n) is 3.92. The van der Waals surface area contributed by atoms with Crippen LogP contribution < -0.4 is 10.1 Å². The van der Waals surface area contributed by atoms with Crippen molar-refractivity contribution in [1.82, 2.24) is 15.2 Å². The molecule has 0 saturated carbocycles. The number of nitriles is 1. The molecular formula is C26H31FN4O2. The number of benzene rings is 1. The molecule has 1 N–H and O–H groups in total. The maximum Gasteiger partial charge on any atom is 0.262 e. The van der Waals surface area contributed by atoms with Crippen molar-refractivity contribution >= 4 is 12.0 Å². The lowest BCUT2D eigenvalue weighted by atomic mass is 10.0. The van der Waals surface area contributed by atoms with E-state index in [4.69, 9.17) is 4.74 Å². The van der Waals surface area contributed by atoms with Crippen LogP contribution in [0.3, 0.4) is 0 Å². The van der Waals surface area contributed by atoms with Gasteiger partial charge in [0, 0.05) is 6.54 Å². The smallest absolute Gasteiger partial charge is 0.262 e. The maximum absolute atomic E-state index is 13.3. The normalized spacial score (nSPS) is 15.5. The molecule has 0 bridgehead atoms. The summed E-state index contributed by atoms with van der Waals surface area (Å²) in [6.07, 6.45) is 6.72. The van der Waals surface area contributed by atoms with E-state index >= 15 is 0 Å².